The highest BCUT2D eigenvalue weighted by atomic mass is 28.4. The first-order valence-electron chi connectivity index (χ1n) is 28.3. The van der Waals surface area contributed by atoms with Crippen LogP contribution in [0.2, 0.25) is 36.3 Å². The topological polar surface area (TPSA) is 116 Å². The van der Waals surface area contributed by atoms with Gasteiger partial charge in [0.15, 0.2) is 22.4 Å². The minimum absolute atomic E-state index is 0.0533. The van der Waals surface area contributed by atoms with E-state index in [0.29, 0.717) is 71.4 Å². The van der Waals surface area contributed by atoms with Gasteiger partial charge in [-0.25, -0.2) is 0 Å². The van der Waals surface area contributed by atoms with Gasteiger partial charge in [-0.2, -0.15) is 0 Å². The van der Waals surface area contributed by atoms with Crippen molar-refractivity contribution >= 4 is 22.4 Å². The van der Waals surface area contributed by atoms with Crippen molar-refractivity contribution in [2.24, 2.45) is 51.8 Å². The fourth-order valence-corrected chi connectivity index (χ4v) is 16.2. The van der Waals surface area contributed by atoms with E-state index in [1.54, 1.807) is 27.7 Å². The molecule has 0 saturated heterocycles. The van der Waals surface area contributed by atoms with Crippen LogP contribution < -0.4 is 0 Å². The summed E-state index contributed by atoms with van der Waals surface area (Å²) in [5.41, 5.74) is -1.97. The quantitative estimate of drug-likeness (QED) is 0.0847. The fraction of sp³-hybridized carbons (Fsp3) is 0.983. The van der Waals surface area contributed by atoms with Crippen molar-refractivity contribution in [3.63, 3.8) is 0 Å². The van der Waals surface area contributed by atoms with Gasteiger partial charge < -0.3 is 29.3 Å². The van der Waals surface area contributed by atoms with Crippen LogP contribution >= 0.6 is 0 Å². The Labute approximate surface area is 423 Å². The number of hydrogen-bond donors (Lipinski definition) is 4. The summed E-state index contributed by atoms with van der Waals surface area (Å²) in [7, 11) is -3.62. The van der Waals surface area contributed by atoms with Crippen LogP contribution in [0.3, 0.4) is 0 Å². The average Bonchev–Trinajstić information content (AvgIpc) is 3.69. The van der Waals surface area contributed by atoms with Crippen LogP contribution in [0.25, 0.3) is 0 Å². The monoisotopic (exact) mass is 993 g/mol. The van der Waals surface area contributed by atoms with E-state index < -0.39 is 39.5 Å². The van der Waals surface area contributed by atoms with Crippen LogP contribution in [0.4, 0.5) is 0 Å². The Morgan fingerprint density at radius 3 is 1.32 bits per heavy atom. The maximum atomic E-state index is 12.6. The van der Waals surface area contributed by atoms with E-state index >= 15 is 0 Å². The molecule has 5 unspecified atom stereocenters. The highest BCUT2D eigenvalue weighted by Crippen LogP contribution is 2.62. The first-order chi connectivity index (χ1) is 30.6. The highest BCUT2D eigenvalue weighted by Gasteiger charge is 2.57. The summed E-state index contributed by atoms with van der Waals surface area (Å²) in [6.45, 7) is 46.3. The normalized spacial score (nSPS) is 30.2. The molecule has 4 fully saturated rings. The van der Waals surface area contributed by atoms with Crippen LogP contribution in [0.5, 0.6) is 0 Å². The fourth-order valence-electron chi connectivity index (χ4n) is 13.4. The lowest BCUT2D eigenvalue weighted by molar-refractivity contribution is -0.134. The maximum absolute atomic E-state index is 12.6. The van der Waals surface area contributed by atoms with Gasteiger partial charge in [-0.1, -0.05) is 115 Å². The second-order valence-electron chi connectivity index (χ2n) is 30.2. The van der Waals surface area contributed by atoms with Gasteiger partial charge in [0.05, 0.1) is 17.3 Å². The summed E-state index contributed by atoms with van der Waals surface area (Å²) in [6.07, 6.45) is 22.2. The molecule has 0 aromatic heterocycles. The lowest BCUT2D eigenvalue weighted by Crippen LogP contribution is -2.50. The van der Waals surface area contributed by atoms with Gasteiger partial charge in [-0.3, -0.25) is 4.79 Å². The summed E-state index contributed by atoms with van der Waals surface area (Å²) >= 11 is 0. The maximum Gasteiger partial charge on any atom is 0.192 e. The Hall–Kier alpha value is -0.136. The number of carbonyl (C=O) groups is 1. The first-order valence-corrected chi connectivity index (χ1v) is 34.1. The predicted octanol–water partition coefficient (Wildman–Crippen LogP) is 15.6. The number of hydrogen-bond acceptors (Lipinski definition) is 7. The van der Waals surface area contributed by atoms with Gasteiger partial charge in [0.25, 0.3) is 0 Å². The predicted molar refractivity (Wildman–Crippen MR) is 293 cm³/mol. The molecular weight excluding hydrogens is 877 g/mol. The molecule has 9 heteroatoms. The summed E-state index contributed by atoms with van der Waals surface area (Å²) in [5.74, 6) is 3.59. The smallest absolute Gasteiger partial charge is 0.192 e. The van der Waals surface area contributed by atoms with Crippen LogP contribution in [-0.2, 0) is 13.6 Å². The van der Waals surface area contributed by atoms with E-state index in [9.17, 15) is 25.2 Å². The third kappa shape index (κ3) is 16.9. The molecule has 0 amide bonds. The molecule has 0 aromatic rings. The molecule has 0 aliphatic heterocycles. The molecule has 0 aromatic carbocycles. The molecule has 4 aliphatic rings. The lowest BCUT2D eigenvalue weighted by atomic mass is 9.60. The van der Waals surface area contributed by atoms with Crippen LogP contribution in [0.1, 0.15) is 246 Å². The van der Waals surface area contributed by atoms with Crippen molar-refractivity contribution in [3.8, 4) is 0 Å². The molecule has 0 radical (unpaired) electrons. The molecule has 0 heterocycles. The molecule has 0 bridgehead atoms. The van der Waals surface area contributed by atoms with Gasteiger partial charge in [-0.05, 0) is 213 Å². The molecule has 7 nitrogen and oxygen atoms in total. The second-order valence-corrected chi connectivity index (χ2v) is 39.7. The Morgan fingerprint density at radius 2 is 0.971 bits per heavy atom. The number of ketones is 1. The van der Waals surface area contributed by atoms with E-state index in [1.807, 2.05) is 13.8 Å². The van der Waals surface area contributed by atoms with Crippen molar-refractivity contribution in [3.05, 3.63) is 0 Å². The second kappa shape index (κ2) is 23.2. The van der Waals surface area contributed by atoms with E-state index in [2.05, 4.69) is 102 Å². The number of rotatable bonds is 21. The highest BCUT2D eigenvalue weighted by molar-refractivity contribution is 6.74. The Balaban J connectivity index is 0.000000360. The van der Waals surface area contributed by atoms with Crippen LogP contribution in [-0.4, -0.2) is 78.0 Å². The van der Waals surface area contributed by atoms with Crippen LogP contribution in [0, 0.1) is 51.8 Å². The molecule has 4 saturated carbocycles. The van der Waals surface area contributed by atoms with Gasteiger partial charge in [0.2, 0.25) is 0 Å². The van der Waals surface area contributed by atoms with Crippen molar-refractivity contribution in [2.45, 2.75) is 317 Å². The number of aliphatic hydroxyl groups is 4. The van der Waals surface area contributed by atoms with E-state index in [0.717, 1.165) is 32.1 Å². The number of fused-ring (bicyclic) bond motifs is 2. The van der Waals surface area contributed by atoms with E-state index in [1.165, 1.54) is 83.5 Å². The minimum atomic E-state index is -1.83. The van der Waals surface area contributed by atoms with Gasteiger partial charge in [0, 0.05) is 18.6 Å². The van der Waals surface area contributed by atoms with Gasteiger partial charge in [-0.15, -0.1) is 0 Å². The molecule has 68 heavy (non-hydrogen) atoms. The molecule has 4 aliphatic carbocycles. The number of carbonyl (C=O) groups excluding carboxylic acids is 1. The zero-order chi connectivity index (χ0) is 52.3. The molecule has 402 valence electrons. The average molecular weight is 994 g/mol. The van der Waals surface area contributed by atoms with Crippen LogP contribution in [0.15, 0.2) is 0 Å². The SMILES string of the molecule is CC(C)(C)CCC[C@@H](CCC(O)C(C)(C)O)C1CCC2[C@@H](O[Si](C)(C)C(C)(C)C)CCC[C@]12C.CC(C)(O)CCC[C@@H](CCC(=O)C(C)(C)O)C1CCC2[C@@H](O[Si](C)(C)C(C)(C)C)CCC[C@]12C. The number of Topliss-reactive ketones (excluding diaryl/α,β-unsaturated/α-hetero) is 1. The third-order valence-corrected chi connectivity index (χ3v) is 28.8. The molecule has 11 atom stereocenters. The van der Waals surface area contributed by atoms with E-state index in [-0.39, 0.29) is 21.3 Å². The zero-order valence-electron chi connectivity index (χ0n) is 48.9. The molecule has 4 N–H and O–H groups in total. The molecular formula is C59H116O7Si2. The Kier molecular flexibility index (Phi) is 21.2. The summed E-state index contributed by atoms with van der Waals surface area (Å²) in [5, 5.41) is 41.9. The number of aliphatic hydroxyl groups excluding tert-OH is 1. The molecule has 4 rings (SSSR count). The van der Waals surface area contributed by atoms with Crippen molar-refractivity contribution in [1.29, 1.82) is 0 Å². The lowest BCUT2D eigenvalue weighted by Gasteiger charge is -2.50. The largest absolute Gasteiger partial charge is 0.414 e. The Morgan fingerprint density at radius 1 is 0.574 bits per heavy atom. The summed E-state index contributed by atoms with van der Waals surface area (Å²) < 4.78 is 14.1. The summed E-state index contributed by atoms with van der Waals surface area (Å²) in [4.78, 5) is 12.6. The minimum Gasteiger partial charge on any atom is -0.414 e. The third-order valence-electron chi connectivity index (χ3n) is 19.8. The standard InChI is InChI=1S/C30H60O3Si.C29H56O4Si/c1-27(2,3)20-12-14-22(16-19-26(31)29(7,8)32)23-17-18-24-25(15-13-21-30(23,24)9)33-34(10,11)28(4,5)6;1-26(2,3)34(9,10)33-24-14-12-20-29(8)22(16-17-23(24)29)21(13-11-19-27(4,5)31)15-18-25(30)28(6,7)32/h22-26,31-32H,12-21H2,1-11H3;21-24,31-32H,11-20H2,1-10H3/t22-,23?,24?,25-,26?,30+;21-,22?,23?,24-,29+/m00/s1. The van der Waals surface area contributed by atoms with Crippen molar-refractivity contribution < 1.29 is 34.1 Å². The van der Waals surface area contributed by atoms with Gasteiger partial charge >= 0.3 is 0 Å². The van der Waals surface area contributed by atoms with Crippen molar-refractivity contribution in [2.75, 3.05) is 0 Å². The molecule has 0 spiro atoms. The van der Waals surface area contributed by atoms with Gasteiger partial charge in [0.1, 0.15) is 5.60 Å². The first kappa shape index (κ1) is 62.2. The Bertz CT molecular complexity index is 1550. The van der Waals surface area contributed by atoms with E-state index in [4.69, 9.17) is 8.85 Å². The summed E-state index contributed by atoms with van der Waals surface area (Å²) in [6, 6.07) is 0. The van der Waals surface area contributed by atoms with Crippen molar-refractivity contribution in [1.82, 2.24) is 0 Å². The zero-order valence-corrected chi connectivity index (χ0v) is 50.9.